The van der Waals surface area contributed by atoms with Gasteiger partial charge in [-0.1, -0.05) is 12.0 Å². The largest absolute Gasteiger partial charge is 0.384 e. The van der Waals surface area contributed by atoms with Gasteiger partial charge in [0.1, 0.15) is 23.0 Å². The molecule has 2 rings (SSSR count). The first-order chi connectivity index (χ1) is 9.20. The fourth-order valence-electron chi connectivity index (χ4n) is 1.40. The molecule has 96 valence electrons. The molecule has 6 heteroatoms. The van der Waals surface area contributed by atoms with Crippen LogP contribution in [0.3, 0.4) is 0 Å². The van der Waals surface area contributed by atoms with Crippen molar-refractivity contribution in [3.63, 3.8) is 0 Å². The Kier molecular flexibility index (Phi) is 4.23. The smallest absolute Gasteiger partial charge is 0.268 e. The Hall–Kier alpha value is -2.23. The number of nitrogens with one attached hydrogen (secondary N) is 1. The van der Waals surface area contributed by atoms with Crippen LogP contribution in [0.2, 0.25) is 0 Å². The number of amides is 1. The van der Waals surface area contributed by atoms with Crippen LogP contribution < -0.4 is 5.32 Å². The summed E-state index contributed by atoms with van der Waals surface area (Å²) >= 11 is 1.28. The van der Waals surface area contributed by atoms with Crippen molar-refractivity contribution in [1.29, 1.82) is 0 Å². The molecule has 0 spiro atoms. The highest BCUT2D eigenvalue weighted by atomic mass is 32.1. The lowest BCUT2D eigenvalue weighted by Gasteiger charge is -2.03. The van der Waals surface area contributed by atoms with E-state index in [2.05, 4.69) is 27.1 Å². The van der Waals surface area contributed by atoms with Crippen molar-refractivity contribution in [2.75, 3.05) is 11.9 Å². The minimum absolute atomic E-state index is 0.224. The molecule has 2 aromatic rings. The Morgan fingerprint density at radius 3 is 3.05 bits per heavy atom. The van der Waals surface area contributed by atoms with Gasteiger partial charge in [0.15, 0.2) is 0 Å². The summed E-state index contributed by atoms with van der Waals surface area (Å²) < 4.78 is 0. The summed E-state index contributed by atoms with van der Waals surface area (Å²) in [5.74, 6) is 5.37. The molecule has 0 aliphatic carbocycles. The van der Waals surface area contributed by atoms with Crippen LogP contribution in [0.5, 0.6) is 0 Å². The first-order valence-electron chi connectivity index (χ1n) is 5.49. The topological polar surface area (TPSA) is 75.1 Å². The van der Waals surface area contributed by atoms with E-state index in [0.717, 1.165) is 0 Å². The SMILES string of the molecule is Cc1ncsc1C(=O)Nc1cccc(C#CCO)n1. The minimum atomic E-state index is -0.236. The number of hydrogen-bond acceptors (Lipinski definition) is 5. The number of aromatic nitrogens is 2. The van der Waals surface area contributed by atoms with Crippen LogP contribution in [0.15, 0.2) is 23.7 Å². The number of carbonyl (C=O) groups excluding carboxylic acids is 1. The third kappa shape index (κ3) is 3.37. The van der Waals surface area contributed by atoms with Gasteiger partial charge in [0.05, 0.1) is 11.2 Å². The maximum absolute atomic E-state index is 12.0. The van der Waals surface area contributed by atoms with Crippen molar-refractivity contribution in [2.24, 2.45) is 0 Å². The third-order valence-electron chi connectivity index (χ3n) is 2.24. The summed E-state index contributed by atoms with van der Waals surface area (Å²) in [6.07, 6.45) is 0. The number of hydrogen-bond donors (Lipinski definition) is 2. The molecular formula is C13H11N3O2S. The number of rotatable bonds is 2. The van der Waals surface area contributed by atoms with Crippen LogP contribution in [-0.2, 0) is 0 Å². The van der Waals surface area contributed by atoms with E-state index in [-0.39, 0.29) is 12.5 Å². The van der Waals surface area contributed by atoms with Crippen LogP contribution >= 0.6 is 11.3 Å². The Morgan fingerprint density at radius 1 is 1.53 bits per heavy atom. The van der Waals surface area contributed by atoms with Gasteiger partial charge in [-0.05, 0) is 25.0 Å². The first-order valence-corrected chi connectivity index (χ1v) is 6.37. The van der Waals surface area contributed by atoms with Gasteiger partial charge in [-0.15, -0.1) is 11.3 Å². The van der Waals surface area contributed by atoms with E-state index in [1.165, 1.54) is 11.3 Å². The molecule has 0 saturated carbocycles. The lowest BCUT2D eigenvalue weighted by Crippen LogP contribution is -2.12. The van der Waals surface area contributed by atoms with Crippen molar-refractivity contribution >= 4 is 23.1 Å². The van der Waals surface area contributed by atoms with Gasteiger partial charge < -0.3 is 10.4 Å². The van der Waals surface area contributed by atoms with Crippen LogP contribution in [0, 0.1) is 18.8 Å². The normalized spacial score (nSPS) is 9.58. The molecule has 0 unspecified atom stereocenters. The van der Waals surface area contributed by atoms with E-state index in [9.17, 15) is 4.79 Å². The summed E-state index contributed by atoms with van der Waals surface area (Å²) in [5, 5.41) is 11.3. The van der Waals surface area contributed by atoms with Crippen LogP contribution in [0.25, 0.3) is 0 Å². The molecule has 2 heterocycles. The van der Waals surface area contributed by atoms with E-state index < -0.39 is 0 Å². The summed E-state index contributed by atoms with van der Waals surface area (Å²) in [4.78, 5) is 20.7. The Balaban J connectivity index is 2.15. The molecule has 0 aromatic carbocycles. The molecule has 0 aliphatic rings. The Labute approximate surface area is 114 Å². The lowest BCUT2D eigenvalue weighted by atomic mass is 10.3. The van der Waals surface area contributed by atoms with E-state index >= 15 is 0 Å². The zero-order valence-corrected chi connectivity index (χ0v) is 11.0. The maximum atomic E-state index is 12.0. The van der Waals surface area contributed by atoms with Crippen LogP contribution in [0.4, 0.5) is 5.82 Å². The molecular weight excluding hydrogens is 262 g/mol. The lowest BCUT2D eigenvalue weighted by molar-refractivity contribution is 0.102. The van der Waals surface area contributed by atoms with Gasteiger partial charge >= 0.3 is 0 Å². The average Bonchev–Trinajstić information content (AvgIpc) is 2.83. The van der Waals surface area contributed by atoms with Crippen molar-refractivity contribution in [2.45, 2.75) is 6.92 Å². The summed E-state index contributed by atoms with van der Waals surface area (Å²) in [6, 6.07) is 5.12. The number of pyridine rings is 1. The van der Waals surface area contributed by atoms with Crippen LogP contribution in [-0.4, -0.2) is 27.6 Å². The van der Waals surface area contributed by atoms with Gasteiger partial charge in [0.2, 0.25) is 0 Å². The Morgan fingerprint density at radius 2 is 2.37 bits per heavy atom. The molecule has 0 fully saturated rings. The Bertz CT molecular complexity index is 655. The zero-order valence-electron chi connectivity index (χ0n) is 10.2. The van der Waals surface area contributed by atoms with Gasteiger partial charge in [-0.3, -0.25) is 4.79 Å². The highest BCUT2D eigenvalue weighted by molar-refractivity contribution is 7.12. The predicted octanol–water partition coefficient (Wildman–Crippen LogP) is 1.44. The monoisotopic (exact) mass is 273 g/mol. The fourth-order valence-corrected chi connectivity index (χ4v) is 2.09. The quantitative estimate of drug-likeness (QED) is 0.812. The predicted molar refractivity (Wildman–Crippen MR) is 73.0 cm³/mol. The number of aliphatic hydroxyl groups excluding tert-OH is 1. The van der Waals surface area contributed by atoms with Crippen molar-refractivity contribution in [3.8, 4) is 11.8 Å². The summed E-state index contributed by atoms with van der Waals surface area (Å²) in [6.45, 7) is 1.56. The third-order valence-corrected chi connectivity index (χ3v) is 3.17. The molecule has 0 bridgehead atoms. The second kappa shape index (κ2) is 6.09. The number of carbonyl (C=O) groups is 1. The molecule has 2 aromatic heterocycles. The molecule has 0 radical (unpaired) electrons. The zero-order chi connectivity index (χ0) is 13.7. The molecule has 2 N–H and O–H groups in total. The van der Waals surface area contributed by atoms with Crippen LogP contribution in [0.1, 0.15) is 21.1 Å². The van der Waals surface area contributed by atoms with Crippen molar-refractivity contribution in [1.82, 2.24) is 9.97 Å². The van der Waals surface area contributed by atoms with E-state index in [0.29, 0.717) is 22.1 Å². The first kappa shape index (κ1) is 13.2. The second-order valence-electron chi connectivity index (χ2n) is 3.59. The number of nitrogens with zero attached hydrogens (tertiary/aromatic N) is 2. The summed E-state index contributed by atoms with van der Waals surface area (Å²) in [7, 11) is 0. The maximum Gasteiger partial charge on any atom is 0.268 e. The minimum Gasteiger partial charge on any atom is -0.384 e. The number of aryl methyl sites for hydroxylation is 1. The van der Waals surface area contributed by atoms with E-state index in [1.807, 2.05) is 0 Å². The van der Waals surface area contributed by atoms with Crippen molar-refractivity contribution in [3.05, 3.63) is 40.0 Å². The number of anilines is 1. The average molecular weight is 273 g/mol. The molecule has 0 atom stereocenters. The van der Waals surface area contributed by atoms with E-state index in [4.69, 9.17) is 5.11 Å². The number of thiazole rings is 1. The molecule has 0 aliphatic heterocycles. The summed E-state index contributed by atoms with van der Waals surface area (Å²) in [5.41, 5.74) is 2.81. The van der Waals surface area contributed by atoms with Gasteiger partial charge in [0.25, 0.3) is 5.91 Å². The molecule has 5 nitrogen and oxygen atoms in total. The fraction of sp³-hybridized carbons (Fsp3) is 0.154. The molecule has 0 saturated heterocycles. The molecule has 19 heavy (non-hydrogen) atoms. The highest BCUT2D eigenvalue weighted by Crippen LogP contribution is 2.14. The van der Waals surface area contributed by atoms with Gasteiger partial charge in [-0.2, -0.15) is 0 Å². The van der Waals surface area contributed by atoms with Gasteiger partial charge in [0, 0.05) is 0 Å². The standard InChI is InChI=1S/C13H11N3O2S/c1-9-12(19-8-14-9)13(18)16-11-6-2-4-10(15-11)5-3-7-17/h2,4,6,8,17H,7H2,1H3,(H,15,16,18). The van der Waals surface area contributed by atoms with Gasteiger partial charge in [-0.25, -0.2) is 9.97 Å². The van der Waals surface area contributed by atoms with Crippen molar-refractivity contribution < 1.29 is 9.90 Å². The van der Waals surface area contributed by atoms with E-state index in [1.54, 1.807) is 30.6 Å². The molecule has 1 amide bonds. The number of aliphatic hydroxyl groups is 1. The highest BCUT2D eigenvalue weighted by Gasteiger charge is 2.12. The second-order valence-corrected chi connectivity index (χ2v) is 4.44.